The molecule has 1 N–H and O–H groups in total. The van der Waals surface area contributed by atoms with Crippen LogP contribution < -0.4 is 10.1 Å². The monoisotopic (exact) mass is 343 g/mol. The van der Waals surface area contributed by atoms with Gasteiger partial charge in [0.15, 0.2) is 5.13 Å². The molecule has 1 amide bonds. The van der Waals surface area contributed by atoms with E-state index >= 15 is 0 Å². The predicted molar refractivity (Wildman–Crippen MR) is 91.2 cm³/mol. The van der Waals surface area contributed by atoms with Gasteiger partial charge in [0.2, 0.25) is 17.5 Å². The average Bonchev–Trinajstić information content (AvgIpc) is 3.00. The van der Waals surface area contributed by atoms with Crippen molar-refractivity contribution in [3.63, 3.8) is 0 Å². The fourth-order valence-electron chi connectivity index (χ4n) is 2.44. The third-order valence-electron chi connectivity index (χ3n) is 3.85. The molecule has 0 radical (unpaired) electrons. The van der Waals surface area contributed by atoms with Crippen LogP contribution in [0.5, 0.6) is 5.88 Å². The van der Waals surface area contributed by atoms with Crippen LogP contribution in [-0.2, 0) is 11.3 Å². The van der Waals surface area contributed by atoms with E-state index in [1.54, 1.807) is 18.3 Å². The van der Waals surface area contributed by atoms with Gasteiger partial charge >= 0.3 is 0 Å². The van der Waals surface area contributed by atoms with Crippen molar-refractivity contribution in [3.8, 4) is 5.88 Å². The second-order valence-electron chi connectivity index (χ2n) is 5.61. The number of aromatic nitrogens is 2. The maximum atomic E-state index is 11.0. The molecule has 124 valence electrons. The lowest BCUT2D eigenvalue weighted by molar-refractivity contribution is -0.114. The molecule has 24 heavy (non-hydrogen) atoms. The summed E-state index contributed by atoms with van der Waals surface area (Å²) in [7, 11) is 0. The highest BCUT2D eigenvalue weighted by Crippen LogP contribution is 2.28. The number of carbonyl (C=O) groups excluding carboxylic acids is 1. The van der Waals surface area contributed by atoms with Gasteiger partial charge in [-0.2, -0.15) is 0 Å². The highest BCUT2D eigenvalue weighted by atomic mass is 32.1. The predicted octanol–water partition coefficient (Wildman–Crippen LogP) is 2.70. The van der Waals surface area contributed by atoms with Gasteiger partial charge in [-0.25, -0.2) is 14.8 Å². The van der Waals surface area contributed by atoms with E-state index in [1.165, 1.54) is 24.5 Å². The van der Waals surface area contributed by atoms with Crippen molar-refractivity contribution in [3.05, 3.63) is 40.8 Å². The number of likely N-dealkylation sites (tertiary alicyclic amines) is 1. The van der Waals surface area contributed by atoms with E-state index in [0.29, 0.717) is 16.7 Å². The number of carbonyl (C=O) groups is 1. The number of anilines is 1. The van der Waals surface area contributed by atoms with Gasteiger partial charge in [0.1, 0.15) is 6.10 Å². The van der Waals surface area contributed by atoms with Crippen molar-refractivity contribution in [2.24, 2.45) is 0 Å². The van der Waals surface area contributed by atoms with E-state index in [9.17, 15) is 4.79 Å². The molecule has 2 aromatic heterocycles. The Labute approximate surface area is 144 Å². The molecule has 0 unspecified atom stereocenters. The normalized spacial score (nSPS) is 20.0. The summed E-state index contributed by atoms with van der Waals surface area (Å²) in [5, 5.41) is 3.32. The third-order valence-corrected chi connectivity index (χ3v) is 4.74. The molecule has 0 aromatic carbocycles. The first-order valence-electron chi connectivity index (χ1n) is 7.51. The number of pyridine rings is 1. The Morgan fingerprint density at radius 1 is 1.50 bits per heavy atom. The van der Waals surface area contributed by atoms with Crippen LogP contribution in [-0.4, -0.2) is 39.5 Å². The zero-order chi connectivity index (χ0) is 17.1. The standard InChI is InChI=1S/C16H17N5O2S/c1-10-14(23-15-5-4-12(17-3)6-18-15)9-21(10)8-13-7-19-16(24-13)20-11(2)22/h4-7,10,14H,8-9H2,1-2H3,(H,19,20,22)/t10-,14-/m1/s1. The van der Waals surface area contributed by atoms with Gasteiger partial charge in [-0.15, -0.1) is 11.3 Å². The molecule has 2 atom stereocenters. The summed E-state index contributed by atoms with van der Waals surface area (Å²) in [6, 6.07) is 3.70. The maximum Gasteiger partial charge on any atom is 0.223 e. The molecular weight excluding hydrogens is 326 g/mol. The average molecular weight is 343 g/mol. The Kier molecular flexibility index (Phi) is 4.74. The van der Waals surface area contributed by atoms with Crippen molar-refractivity contribution in [2.75, 3.05) is 11.9 Å². The fraction of sp³-hybridized carbons (Fsp3) is 0.375. The summed E-state index contributed by atoms with van der Waals surface area (Å²) in [4.78, 5) is 26.1. The Morgan fingerprint density at radius 2 is 2.33 bits per heavy atom. The van der Waals surface area contributed by atoms with Crippen LogP contribution in [0.2, 0.25) is 0 Å². The minimum Gasteiger partial charge on any atom is -0.471 e. The lowest BCUT2D eigenvalue weighted by Gasteiger charge is -2.45. The first-order chi connectivity index (χ1) is 11.5. The molecule has 3 rings (SSSR count). The molecule has 1 aliphatic rings. The number of nitrogens with one attached hydrogen (secondary N) is 1. The molecule has 0 bridgehead atoms. The van der Waals surface area contributed by atoms with Crippen molar-refractivity contribution >= 4 is 28.1 Å². The zero-order valence-corrected chi connectivity index (χ0v) is 14.2. The van der Waals surface area contributed by atoms with Crippen LogP contribution in [0.3, 0.4) is 0 Å². The summed E-state index contributed by atoms with van der Waals surface area (Å²) in [5.74, 6) is 0.433. The number of amides is 1. The third kappa shape index (κ3) is 3.69. The quantitative estimate of drug-likeness (QED) is 0.845. The minimum absolute atomic E-state index is 0.0824. The molecule has 1 saturated heterocycles. The summed E-state index contributed by atoms with van der Waals surface area (Å²) in [6.45, 7) is 12.1. The van der Waals surface area contributed by atoms with E-state index < -0.39 is 0 Å². The Bertz CT molecular complexity index is 768. The van der Waals surface area contributed by atoms with Crippen LogP contribution >= 0.6 is 11.3 Å². The van der Waals surface area contributed by atoms with Gasteiger partial charge in [-0.1, -0.05) is 0 Å². The van der Waals surface area contributed by atoms with Crippen molar-refractivity contribution < 1.29 is 9.53 Å². The van der Waals surface area contributed by atoms with Gasteiger partial charge in [0.05, 0.1) is 6.57 Å². The zero-order valence-electron chi connectivity index (χ0n) is 13.4. The number of thiazole rings is 1. The molecule has 3 heterocycles. The number of ether oxygens (including phenoxy) is 1. The van der Waals surface area contributed by atoms with Crippen LogP contribution in [0.4, 0.5) is 10.8 Å². The Balaban J connectivity index is 1.51. The molecule has 2 aromatic rings. The second-order valence-corrected chi connectivity index (χ2v) is 6.72. The second kappa shape index (κ2) is 6.95. The van der Waals surface area contributed by atoms with Crippen LogP contribution in [0.25, 0.3) is 4.85 Å². The van der Waals surface area contributed by atoms with Crippen molar-refractivity contribution in [1.29, 1.82) is 0 Å². The van der Waals surface area contributed by atoms with E-state index in [-0.39, 0.29) is 18.1 Å². The van der Waals surface area contributed by atoms with E-state index in [0.717, 1.165) is 18.0 Å². The molecule has 0 spiro atoms. The van der Waals surface area contributed by atoms with Crippen molar-refractivity contribution in [2.45, 2.75) is 32.5 Å². The summed E-state index contributed by atoms with van der Waals surface area (Å²) in [5.41, 5.74) is 0.505. The molecule has 0 saturated carbocycles. The van der Waals surface area contributed by atoms with Gasteiger partial charge < -0.3 is 10.1 Å². The maximum absolute atomic E-state index is 11.0. The number of rotatable bonds is 5. The highest BCUT2D eigenvalue weighted by molar-refractivity contribution is 7.15. The van der Waals surface area contributed by atoms with Crippen molar-refractivity contribution in [1.82, 2.24) is 14.9 Å². The number of nitrogens with zero attached hydrogens (tertiary/aromatic N) is 4. The van der Waals surface area contributed by atoms with Crippen LogP contribution in [0.1, 0.15) is 18.7 Å². The first-order valence-corrected chi connectivity index (χ1v) is 8.33. The van der Waals surface area contributed by atoms with Crippen LogP contribution in [0.15, 0.2) is 24.5 Å². The summed E-state index contributed by atoms with van der Waals surface area (Å²) in [6.07, 6.45) is 3.39. The van der Waals surface area contributed by atoms with E-state index in [2.05, 4.69) is 32.0 Å². The fourth-order valence-corrected chi connectivity index (χ4v) is 3.33. The number of hydrogen-bond acceptors (Lipinski definition) is 6. The Hall–Kier alpha value is -2.50. The Morgan fingerprint density at radius 3 is 2.96 bits per heavy atom. The molecule has 0 aliphatic carbocycles. The molecule has 1 aliphatic heterocycles. The summed E-state index contributed by atoms with van der Waals surface area (Å²) >= 11 is 1.48. The van der Waals surface area contributed by atoms with Gasteiger partial charge in [0.25, 0.3) is 0 Å². The number of hydrogen-bond donors (Lipinski definition) is 1. The SMILES string of the molecule is [C-]#[N+]c1ccc(O[C@@H]2CN(Cc3cnc(NC(C)=O)s3)[C@@H]2C)nc1. The van der Waals surface area contributed by atoms with E-state index in [1.807, 2.05) is 0 Å². The molecule has 7 nitrogen and oxygen atoms in total. The van der Waals surface area contributed by atoms with Gasteiger partial charge in [0, 0.05) is 43.3 Å². The van der Waals surface area contributed by atoms with Crippen LogP contribution in [0, 0.1) is 6.57 Å². The van der Waals surface area contributed by atoms with Gasteiger partial charge in [-0.05, 0) is 19.1 Å². The smallest absolute Gasteiger partial charge is 0.223 e. The lowest BCUT2D eigenvalue weighted by Crippen LogP contribution is -2.60. The minimum atomic E-state index is -0.113. The summed E-state index contributed by atoms with van der Waals surface area (Å²) < 4.78 is 5.86. The first kappa shape index (κ1) is 16.4. The highest BCUT2D eigenvalue weighted by Gasteiger charge is 2.37. The molecular formula is C16H17N5O2S. The molecule has 8 heteroatoms. The molecule has 1 fully saturated rings. The van der Waals surface area contributed by atoms with E-state index in [4.69, 9.17) is 11.3 Å². The van der Waals surface area contributed by atoms with Gasteiger partial charge in [-0.3, -0.25) is 9.69 Å². The topological polar surface area (TPSA) is 71.7 Å². The lowest BCUT2D eigenvalue weighted by atomic mass is 10.0. The largest absolute Gasteiger partial charge is 0.471 e.